The average molecular weight is 125 g/mol. The van der Waals surface area contributed by atoms with Gasteiger partial charge in [0.05, 0.1) is 5.56 Å². The van der Waals surface area contributed by atoms with Gasteiger partial charge in [0.15, 0.2) is 0 Å². The Hall–Kier alpha value is -1.25. The lowest BCUT2D eigenvalue weighted by Crippen LogP contribution is -1.91. The summed E-state index contributed by atoms with van der Waals surface area (Å²) < 4.78 is 0. The summed E-state index contributed by atoms with van der Waals surface area (Å²) in [6, 6.07) is 1.59. The van der Waals surface area contributed by atoms with E-state index in [1.807, 2.05) is 6.92 Å². The molecule has 0 radical (unpaired) electrons. The molecule has 2 N–H and O–H groups in total. The number of rotatable bonds is 1. The van der Waals surface area contributed by atoms with Gasteiger partial charge < -0.3 is 10.1 Å². The largest absolute Gasteiger partial charge is 0.478 e. The van der Waals surface area contributed by atoms with Gasteiger partial charge in [-0.15, -0.1) is 0 Å². The van der Waals surface area contributed by atoms with E-state index in [1.165, 1.54) is 6.20 Å². The SMILES string of the molecule is Cc1cc(C(=O)O)c[nH]1. The molecule has 1 aromatic heterocycles. The number of aromatic amines is 1. The lowest BCUT2D eigenvalue weighted by atomic mass is 10.3. The Morgan fingerprint density at radius 1 is 1.78 bits per heavy atom. The summed E-state index contributed by atoms with van der Waals surface area (Å²) >= 11 is 0. The molecule has 0 aliphatic rings. The Balaban J connectivity index is 2.98. The van der Waals surface area contributed by atoms with E-state index in [9.17, 15) is 4.79 Å². The molecule has 0 bridgehead atoms. The molecule has 1 heterocycles. The van der Waals surface area contributed by atoms with Crippen LogP contribution in [0.2, 0.25) is 0 Å². The van der Waals surface area contributed by atoms with Crippen LogP contribution in [0.15, 0.2) is 12.3 Å². The third kappa shape index (κ3) is 1.10. The smallest absolute Gasteiger partial charge is 0.337 e. The van der Waals surface area contributed by atoms with Crippen LogP contribution < -0.4 is 0 Å². The maximum absolute atomic E-state index is 10.2. The van der Waals surface area contributed by atoms with Crippen LogP contribution in [-0.4, -0.2) is 16.1 Å². The number of carbonyl (C=O) groups is 1. The highest BCUT2D eigenvalue weighted by atomic mass is 16.4. The number of aromatic nitrogens is 1. The topological polar surface area (TPSA) is 53.1 Å². The van der Waals surface area contributed by atoms with Crippen LogP contribution in [-0.2, 0) is 0 Å². The molecule has 0 saturated heterocycles. The fraction of sp³-hybridized carbons (Fsp3) is 0.167. The zero-order chi connectivity index (χ0) is 6.85. The molecule has 0 atom stereocenters. The molecular formula is C6H7NO2. The number of hydrogen-bond acceptors (Lipinski definition) is 1. The quantitative estimate of drug-likeness (QED) is 0.588. The number of aryl methyl sites for hydroxylation is 1. The second-order valence-electron chi connectivity index (χ2n) is 1.88. The summed E-state index contributed by atoms with van der Waals surface area (Å²) in [5.41, 5.74) is 1.18. The van der Waals surface area contributed by atoms with Crippen LogP contribution in [0.4, 0.5) is 0 Å². The third-order valence-corrected chi connectivity index (χ3v) is 1.07. The number of carboxylic acid groups (broad SMARTS) is 1. The molecule has 1 aromatic rings. The van der Waals surface area contributed by atoms with E-state index >= 15 is 0 Å². The number of H-pyrrole nitrogens is 1. The summed E-state index contributed by atoms with van der Waals surface area (Å²) in [5.74, 6) is -0.889. The van der Waals surface area contributed by atoms with E-state index in [1.54, 1.807) is 6.07 Å². The summed E-state index contributed by atoms with van der Waals surface area (Å²) in [4.78, 5) is 13.0. The predicted molar refractivity (Wildman–Crippen MR) is 32.5 cm³/mol. The van der Waals surface area contributed by atoms with Gasteiger partial charge in [-0.2, -0.15) is 0 Å². The van der Waals surface area contributed by atoms with Gasteiger partial charge in [-0.05, 0) is 13.0 Å². The third-order valence-electron chi connectivity index (χ3n) is 1.07. The van der Waals surface area contributed by atoms with E-state index in [0.29, 0.717) is 5.56 Å². The molecule has 9 heavy (non-hydrogen) atoms. The summed E-state index contributed by atoms with van der Waals surface area (Å²) in [6.07, 6.45) is 1.47. The number of aromatic carboxylic acids is 1. The lowest BCUT2D eigenvalue weighted by Gasteiger charge is -1.79. The highest BCUT2D eigenvalue weighted by Gasteiger charge is 2.01. The summed E-state index contributed by atoms with van der Waals surface area (Å²) in [6.45, 7) is 1.81. The van der Waals surface area contributed by atoms with Crippen LogP contribution in [0.5, 0.6) is 0 Å². The molecule has 1 rings (SSSR count). The first-order valence-electron chi connectivity index (χ1n) is 2.58. The van der Waals surface area contributed by atoms with Crippen molar-refractivity contribution in [3.63, 3.8) is 0 Å². The zero-order valence-corrected chi connectivity index (χ0v) is 5.01. The Morgan fingerprint density at radius 2 is 2.44 bits per heavy atom. The van der Waals surface area contributed by atoms with Crippen LogP contribution in [0.25, 0.3) is 0 Å². The number of carboxylic acids is 1. The molecule has 0 unspecified atom stereocenters. The minimum Gasteiger partial charge on any atom is -0.478 e. The first-order chi connectivity index (χ1) is 4.20. The fourth-order valence-corrected chi connectivity index (χ4v) is 0.632. The number of nitrogens with one attached hydrogen (secondary N) is 1. The van der Waals surface area contributed by atoms with Crippen molar-refractivity contribution in [2.24, 2.45) is 0 Å². The lowest BCUT2D eigenvalue weighted by molar-refractivity contribution is 0.0697. The van der Waals surface area contributed by atoms with Gasteiger partial charge in [-0.1, -0.05) is 0 Å². The maximum Gasteiger partial charge on any atom is 0.337 e. The Bertz CT molecular complexity index is 227. The molecule has 0 spiro atoms. The van der Waals surface area contributed by atoms with Gasteiger partial charge in [0.1, 0.15) is 0 Å². The normalized spacial score (nSPS) is 9.44. The molecule has 3 nitrogen and oxygen atoms in total. The van der Waals surface area contributed by atoms with Crippen LogP contribution in [0.3, 0.4) is 0 Å². The monoisotopic (exact) mass is 125 g/mol. The highest BCUT2D eigenvalue weighted by Crippen LogP contribution is 2.00. The average Bonchev–Trinajstić information content (AvgIpc) is 2.14. The molecular weight excluding hydrogens is 118 g/mol. The van der Waals surface area contributed by atoms with Crippen molar-refractivity contribution in [2.75, 3.05) is 0 Å². The number of hydrogen-bond donors (Lipinski definition) is 2. The van der Waals surface area contributed by atoms with Gasteiger partial charge in [-0.3, -0.25) is 0 Å². The minimum absolute atomic E-state index is 0.313. The van der Waals surface area contributed by atoms with Crippen molar-refractivity contribution >= 4 is 5.97 Å². The molecule has 0 aromatic carbocycles. The van der Waals surface area contributed by atoms with Crippen LogP contribution in [0, 0.1) is 6.92 Å². The predicted octanol–water partition coefficient (Wildman–Crippen LogP) is 1.02. The molecule has 0 saturated carbocycles. The molecule has 0 fully saturated rings. The first kappa shape index (κ1) is 5.88. The van der Waals surface area contributed by atoms with Gasteiger partial charge in [0.2, 0.25) is 0 Å². The van der Waals surface area contributed by atoms with Crippen molar-refractivity contribution in [3.05, 3.63) is 23.5 Å². The first-order valence-corrected chi connectivity index (χ1v) is 2.58. The van der Waals surface area contributed by atoms with Crippen molar-refractivity contribution in [1.82, 2.24) is 4.98 Å². The Kier molecular flexibility index (Phi) is 1.26. The van der Waals surface area contributed by atoms with Crippen molar-refractivity contribution < 1.29 is 9.90 Å². The van der Waals surface area contributed by atoms with E-state index in [4.69, 9.17) is 5.11 Å². The second kappa shape index (κ2) is 1.93. The summed E-state index contributed by atoms with van der Waals surface area (Å²) in [7, 11) is 0. The van der Waals surface area contributed by atoms with E-state index in [2.05, 4.69) is 4.98 Å². The Morgan fingerprint density at radius 3 is 2.67 bits per heavy atom. The standard InChI is InChI=1S/C6H7NO2/c1-4-2-5(3-7-4)6(8)9/h2-3,7H,1H3,(H,8,9). The van der Waals surface area contributed by atoms with Crippen molar-refractivity contribution in [1.29, 1.82) is 0 Å². The maximum atomic E-state index is 10.2. The molecule has 0 aliphatic heterocycles. The fourth-order valence-electron chi connectivity index (χ4n) is 0.632. The van der Waals surface area contributed by atoms with Crippen LogP contribution >= 0.6 is 0 Å². The molecule has 0 amide bonds. The van der Waals surface area contributed by atoms with E-state index in [-0.39, 0.29) is 0 Å². The van der Waals surface area contributed by atoms with Crippen LogP contribution in [0.1, 0.15) is 16.1 Å². The van der Waals surface area contributed by atoms with Gasteiger partial charge in [0.25, 0.3) is 0 Å². The zero-order valence-electron chi connectivity index (χ0n) is 5.01. The summed E-state index contributed by atoms with van der Waals surface area (Å²) in [5, 5.41) is 8.38. The molecule has 3 heteroatoms. The van der Waals surface area contributed by atoms with E-state index < -0.39 is 5.97 Å². The van der Waals surface area contributed by atoms with Gasteiger partial charge in [0, 0.05) is 11.9 Å². The minimum atomic E-state index is -0.889. The van der Waals surface area contributed by atoms with E-state index in [0.717, 1.165) is 5.69 Å². The second-order valence-corrected chi connectivity index (χ2v) is 1.88. The van der Waals surface area contributed by atoms with Gasteiger partial charge in [-0.25, -0.2) is 4.79 Å². The highest BCUT2D eigenvalue weighted by molar-refractivity contribution is 5.87. The molecule has 0 aliphatic carbocycles. The van der Waals surface area contributed by atoms with Gasteiger partial charge >= 0.3 is 5.97 Å². The van der Waals surface area contributed by atoms with Crippen molar-refractivity contribution in [3.8, 4) is 0 Å². The molecule has 48 valence electrons. The Labute approximate surface area is 52.3 Å². The van der Waals surface area contributed by atoms with Crippen molar-refractivity contribution in [2.45, 2.75) is 6.92 Å².